The number of nitrogens with one attached hydrogen (secondary N) is 2. The van der Waals surface area contributed by atoms with Crippen molar-refractivity contribution in [3.63, 3.8) is 0 Å². The van der Waals surface area contributed by atoms with Crippen LogP contribution in [0.5, 0.6) is 0 Å². The first-order valence-corrected chi connectivity index (χ1v) is 11.1. The molecule has 2 fully saturated rings. The second-order valence-corrected chi connectivity index (χ2v) is 9.08. The third-order valence-corrected chi connectivity index (χ3v) is 6.25. The summed E-state index contributed by atoms with van der Waals surface area (Å²) in [6.45, 7) is 2.14. The Morgan fingerprint density at radius 1 is 1.27 bits per heavy atom. The molecule has 1 aliphatic heterocycles. The average Bonchev–Trinajstić information content (AvgIpc) is 3.34. The van der Waals surface area contributed by atoms with E-state index >= 15 is 0 Å². The van der Waals surface area contributed by atoms with Crippen LogP contribution in [-0.4, -0.2) is 50.3 Å². The number of thiophene rings is 1. The van der Waals surface area contributed by atoms with Crippen LogP contribution in [0.2, 0.25) is 4.34 Å². The molecule has 1 saturated carbocycles. The minimum absolute atomic E-state index is 0.232. The van der Waals surface area contributed by atoms with Gasteiger partial charge in [0.15, 0.2) is 0 Å². The van der Waals surface area contributed by atoms with Gasteiger partial charge in [-0.25, -0.2) is 10.6 Å². The van der Waals surface area contributed by atoms with Crippen LogP contribution in [0.3, 0.4) is 0 Å². The van der Waals surface area contributed by atoms with Gasteiger partial charge in [-0.3, -0.25) is 9.69 Å². The minimum atomic E-state index is -0.431. The van der Waals surface area contributed by atoms with Crippen molar-refractivity contribution in [2.24, 2.45) is 5.84 Å². The Balaban J connectivity index is 1.27. The Labute approximate surface area is 183 Å². The van der Waals surface area contributed by atoms with Gasteiger partial charge in [0.2, 0.25) is 0 Å². The second kappa shape index (κ2) is 9.22. The van der Waals surface area contributed by atoms with E-state index in [1.165, 1.54) is 24.2 Å². The maximum absolute atomic E-state index is 12.3. The van der Waals surface area contributed by atoms with Crippen LogP contribution < -0.4 is 26.4 Å². The van der Waals surface area contributed by atoms with Crippen LogP contribution in [0.15, 0.2) is 36.4 Å². The van der Waals surface area contributed by atoms with Crippen LogP contribution >= 0.6 is 22.9 Å². The zero-order chi connectivity index (χ0) is 21.1. The van der Waals surface area contributed by atoms with Gasteiger partial charge in [-0.1, -0.05) is 11.6 Å². The molecule has 1 saturated heterocycles. The molecule has 2 heterocycles. The number of hydrogen-bond donors (Lipinski definition) is 3. The van der Waals surface area contributed by atoms with E-state index in [9.17, 15) is 9.59 Å². The summed E-state index contributed by atoms with van der Waals surface area (Å²) in [5.74, 6) is 5.88. The predicted molar refractivity (Wildman–Crippen MR) is 118 cm³/mol. The molecule has 1 atom stereocenters. The van der Waals surface area contributed by atoms with Crippen LogP contribution in [0.1, 0.15) is 22.5 Å². The molecule has 0 radical (unpaired) electrons. The van der Waals surface area contributed by atoms with Crippen molar-refractivity contribution < 1.29 is 14.3 Å². The number of carbonyl (C=O) groups is 2. The molecule has 0 spiro atoms. The van der Waals surface area contributed by atoms with E-state index in [-0.39, 0.29) is 12.5 Å². The zero-order valence-corrected chi connectivity index (χ0v) is 17.9. The molecule has 1 unspecified atom stereocenters. The Bertz CT molecular complexity index is 902. The third-order valence-electron chi connectivity index (χ3n) is 5.02. The monoisotopic (exact) mass is 449 g/mol. The van der Waals surface area contributed by atoms with Crippen LogP contribution in [0.25, 0.3) is 0 Å². The van der Waals surface area contributed by atoms with Crippen LogP contribution in [0.4, 0.5) is 16.2 Å². The summed E-state index contributed by atoms with van der Waals surface area (Å²) >= 11 is 7.06. The molecule has 1 aromatic carbocycles. The summed E-state index contributed by atoms with van der Waals surface area (Å²) < 4.78 is 5.94. The van der Waals surface area contributed by atoms with Crippen molar-refractivity contribution in [1.82, 2.24) is 10.6 Å². The van der Waals surface area contributed by atoms with Gasteiger partial charge >= 0.3 is 6.09 Å². The minimum Gasteiger partial charge on any atom is -0.442 e. The molecule has 4 rings (SSSR count). The number of anilines is 2. The lowest BCUT2D eigenvalue weighted by atomic mass is 10.2. The van der Waals surface area contributed by atoms with Gasteiger partial charge in [-0.15, -0.1) is 11.3 Å². The van der Waals surface area contributed by atoms with Gasteiger partial charge in [-0.2, -0.15) is 0 Å². The fourth-order valence-corrected chi connectivity index (χ4v) is 4.16. The summed E-state index contributed by atoms with van der Waals surface area (Å²) in [5.41, 5.74) is 1.61. The highest BCUT2D eigenvalue weighted by atomic mass is 35.5. The molecule has 2 aliphatic rings. The SMILES string of the molecule is NN(CCNC1CC1)c1ccc(N2CC(CNC(=O)c3ccc(Cl)s3)OC2=O)cc1. The lowest BCUT2D eigenvalue weighted by Crippen LogP contribution is -2.38. The summed E-state index contributed by atoms with van der Waals surface area (Å²) in [6.07, 6.45) is 1.65. The van der Waals surface area contributed by atoms with E-state index in [4.69, 9.17) is 22.2 Å². The number of benzene rings is 1. The van der Waals surface area contributed by atoms with Crippen molar-refractivity contribution in [1.29, 1.82) is 0 Å². The molecular formula is C20H24ClN5O3S. The summed E-state index contributed by atoms with van der Waals surface area (Å²) in [7, 11) is 0. The Hall–Kier alpha value is -2.33. The smallest absolute Gasteiger partial charge is 0.414 e. The van der Waals surface area contributed by atoms with E-state index in [1.807, 2.05) is 24.3 Å². The Kier molecular flexibility index (Phi) is 6.43. The molecule has 2 amide bonds. The van der Waals surface area contributed by atoms with Gasteiger partial charge in [-0.05, 0) is 49.2 Å². The average molecular weight is 450 g/mol. The fourth-order valence-electron chi connectivity index (χ4n) is 3.20. The molecule has 2 aromatic rings. The highest BCUT2D eigenvalue weighted by Crippen LogP contribution is 2.25. The molecular weight excluding hydrogens is 426 g/mol. The lowest BCUT2D eigenvalue weighted by molar-refractivity contribution is 0.0920. The highest BCUT2D eigenvalue weighted by Gasteiger charge is 2.32. The maximum Gasteiger partial charge on any atom is 0.414 e. The first-order valence-electron chi connectivity index (χ1n) is 9.87. The Morgan fingerprint density at radius 2 is 2.03 bits per heavy atom. The number of ether oxygens (including phenoxy) is 1. The summed E-state index contributed by atoms with van der Waals surface area (Å²) in [5, 5.41) is 7.90. The molecule has 1 aliphatic carbocycles. The van der Waals surface area contributed by atoms with Gasteiger partial charge < -0.3 is 20.4 Å². The second-order valence-electron chi connectivity index (χ2n) is 7.37. The van der Waals surface area contributed by atoms with Gasteiger partial charge in [0.1, 0.15) is 6.10 Å². The largest absolute Gasteiger partial charge is 0.442 e. The van der Waals surface area contributed by atoms with E-state index in [0.29, 0.717) is 28.3 Å². The highest BCUT2D eigenvalue weighted by molar-refractivity contribution is 7.17. The van der Waals surface area contributed by atoms with Crippen molar-refractivity contribution in [3.8, 4) is 0 Å². The predicted octanol–water partition coefficient (Wildman–Crippen LogP) is 2.59. The molecule has 30 heavy (non-hydrogen) atoms. The summed E-state index contributed by atoms with van der Waals surface area (Å²) in [4.78, 5) is 26.5. The Morgan fingerprint density at radius 3 is 2.70 bits per heavy atom. The maximum atomic E-state index is 12.3. The zero-order valence-electron chi connectivity index (χ0n) is 16.3. The third kappa shape index (κ3) is 5.23. The standard InChI is InChI=1S/C20H24ClN5O3S/c21-18-8-7-17(30-18)19(27)24-11-16-12-25(20(28)29-16)14-3-5-15(6-4-14)26(22)10-9-23-13-1-2-13/h3-8,13,16,23H,1-2,9-12,22H2,(H,24,27). The number of carbonyl (C=O) groups excluding carboxylic acids is 2. The molecule has 0 bridgehead atoms. The van der Waals surface area contributed by atoms with Gasteiger partial charge in [0.05, 0.1) is 28.0 Å². The van der Waals surface area contributed by atoms with Crippen LogP contribution in [-0.2, 0) is 4.74 Å². The van der Waals surface area contributed by atoms with Gasteiger partial charge in [0.25, 0.3) is 5.91 Å². The van der Waals surface area contributed by atoms with Crippen molar-refractivity contribution in [3.05, 3.63) is 45.6 Å². The molecule has 8 nitrogen and oxygen atoms in total. The summed E-state index contributed by atoms with van der Waals surface area (Å²) in [6, 6.07) is 11.5. The number of hydrogen-bond acceptors (Lipinski definition) is 7. The normalized spacial score (nSPS) is 18.4. The van der Waals surface area contributed by atoms with Crippen molar-refractivity contribution in [2.75, 3.05) is 36.1 Å². The van der Waals surface area contributed by atoms with E-state index in [0.717, 1.165) is 17.9 Å². The molecule has 160 valence electrons. The number of hydrazine groups is 1. The number of amides is 2. The molecule has 1 aromatic heterocycles. The topological polar surface area (TPSA) is 99.9 Å². The quantitative estimate of drug-likeness (QED) is 0.402. The molecule has 4 N–H and O–H groups in total. The van der Waals surface area contributed by atoms with Gasteiger partial charge in [0, 0.05) is 24.8 Å². The number of nitrogens with zero attached hydrogens (tertiary/aromatic N) is 2. The number of halogens is 1. The van der Waals surface area contributed by atoms with E-state index < -0.39 is 12.2 Å². The van der Waals surface area contributed by atoms with E-state index in [2.05, 4.69) is 10.6 Å². The van der Waals surface area contributed by atoms with Crippen molar-refractivity contribution in [2.45, 2.75) is 25.0 Å². The fraction of sp³-hybridized carbons (Fsp3) is 0.400. The first-order chi connectivity index (χ1) is 14.5. The lowest BCUT2D eigenvalue weighted by Gasteiger charge is -2.20. The number of rotatable bonds is 9. The first kappa shape index (κ1) is 20.9. The van der Waals surface area contributed by atoms with Crippen LogP contribution in [0, 0.1) is 0 Å². The van der Waals surface area contributed by atoms with Crippen molar-refractivity contribution >= 4 is 46.3 Å². The van der Waals surface area contributed by atoms with E-state index in [1.54, 1.807) is 22.0 Å². The number of cyclic esters (lactones) is 1. The molecule has 10 heteroatoms. The number of nitrogens with two attached hydrogens (primary N) is 1.